The number of nitrogens with zero attached hydrogens (tertiary/aromatic N) is 1. The molecule has 1 fully saturated rings. The molecule has 0 aliphatic carbocycles. The van der Waals surface area contributed by atoms with E-state index in [0.29, 0.717) is 6.42 Å². The number of benzene rings is 2. The van der Waals surface area contributed by atoms with Crippen molar-refractivity contribution < 1.29 is 4.79 Å². The minimum atomic E-state index is 0.120. The quantitative estimate of drug-likeness (QED) is 0.698. The van der Waals surface area contributed by atoms with Crippen molar-refractivity contribution in [2.45, 2.75) is 39.0 Å². The lowest BCUT2D eigenvalue weighted by molar-refractivity contribution is -0.120. The van der Waals surface area contributed by atoms with Crippen LogP contribution in [-0.2, 0) is 11.2 Å². The first-order chi connectivity index (χ1) is 13.2. The number of amides is 1. The molecule has 1 aliphatic heterocycles. The average molecular weight is 365 g/mol. The van der Waals surface area contributed by atoms with Gasteiger partial charge in [0.1, 0.15) is 0 Å². The van der Waals surface area contributed by atoms with Crippen LogP contribution in [0.2, 0.25) is 0 Å². The van der Waals surface area contributed by atoms with E-state index in [4.69, 9.17) is 0 Å². The summed E-state index contributed by atoms with van der Waals surface area (Å²) >= 11 is 0. The first kappa shape index (κ1) is 19.6. The minimum absolute atomic E-state index is 0.120. The molecular formula is C24H32N2O. The van der Waals surface area contributed by atoms with Crippen LogP contribution in [-0.4, -0.2) is 37.0 Å². The van der Waals surface area contributed by atoms with Crippen molar-refractivity contribution in [1.29, 1.82) is 0 Å². The Hall–Kier alpha value is -2.13. The van der Waals surface area contributed by atoms with Gasteiger partial charge in [-0.25, -0.2) is 0 Å². The second-order valence-electron chi connectivity index (χ2n) is 7.82. The van der Waals surface area contributed by atoms with E-state index < -0.39 is 0 Å². The van der Waals surface area contributed by atoms with Crippen LogP contribution in [0.4, 0.5) is 0 Å². The van der Waals surface area contributed by atoms with E-state index in [0.717, 1.165) is 24.4 Å². The second-order valence-corrected chi connectivity index (χ2v) is 7.82. The summed E-state index contributed by atoms with van der Waals surface area (Å²) < 4.78 is 0. The Morgan fingerprint density at radius 2 is 1.63 bits per heavy atom. The van der Waals surface area contributed by atoms with E-state index in [1.165, 1.54) is 50.0 Å². The molecule has 1 saturated heterocycles. The number of carbonyl (C=O) groups excluding carboxylic acids is 1. The number of nitrogens with one attached hydrogen (secondary N) is 1. The van der Waals surface area contributed by atoms with Crippen LogP contribution in [0.5, 0.6) is 0 Å². The molecule has 1 amide bonds. The number of carbonyl (C=O) groups is 1. The Labute approximate surface area is 163 Å². The van der Waals surface area contributed by atoms with Crippen LogP contribution in [0.1, 0.15) is 38.2 Å². The normalized spacial score (nSPS) is 15.6. The number of piperidine rings is 1. The van der Waals surface area contributed by atoms with Gasteiger partial charge in [0.2, 0.25) is 5.91 Å². The van der Waals surface area contributed by atoms with Crippen molar-refractivity contribution in [3.63, 3.8) is 0 Å². The fraction of sp³-hybridized carbons (Fsp3) is 0.458. The number of hydrogen-bond donors (Lipinski definition) is 1. The molecule has 0 bridgehead atoms. The SMILES string of the molecule is CC1CCN(CCCCNC(=O)Cc2ccc(-c3ccccc3)cc2)CC1. The number of unbranched alkanes of at least 4 members (excludes halogenated alkanes) is 1. The summed E-state index contributed by atoms with van der Waals surface area (Å²) in [6.07, 6.45) is 5.35. The monoisotopic (exact) mass is 364 g/mol. The molecule has 1 aliphatic rings. The minimum Gasteiger partial charge on any atom is -0.356 e. The van der Waals surface area contributed by atoms with Crippen molar-refractivity contribution in [2.75, 3.05) is 26.2 Å². The maximum atomic E-state index is 12.1. The summed E-state index contributed by atoms with van der Waals surface area (Å²) in [4.78, 5) is 14.7. The van der Waals surface area contributed by atoms with E-state index in [9.17, 15) is 4.79 Å². The Bertz CT molecular complexity index is 688. The van der Waals surface area contributed by atoms with Crippen LogP contribution in [0.3, 0.4) is 0 Å². The highest BCUT2D eigenvalue weighted by molar-refractivity contribution is 5.78. The van der Waals surface area contributed by atoms with Crippen molar-refractivity contribution in [3.8, 4) is 11.1 Å². The van der Waals surface area contributed by atoms with Gasteiger partial charge in [-0.15, -0.1) is 0 Å². The first-order valence-corrected chi connectivity index (χ1v) is 10.3. The summed E-state index contributed by atoms with van der Waals surface area (Å²) in [7, 11) is 0. The largest absolute Gasteiger partial charge is 0.356 e. The summed E-state index contributed by atoms with van der Waals surface area (Å²) in [5.74, 6) is 1.01. The molecule has 27 heavy (non-hydrogen) atoms. The van der Waals surface area contributed by atoms with Crippen molar-refractivity contribution in [2.24, 2.45) is 5.92 Å². The molecule has 3 rings (SSSR count). The van der Waals surface area contributed by atoms with Crippen LogP contribution in [0, 0.1) is 5.92 Å². The van der Waals surface area contributed by atoms with Crippen molar-refractivity contribution >= 4 is 5.91 Å². The zero-order valence-corrected chi connectivity index (χ0v) is 16.5. The van der Waals surface area contributed by atoms with Gasteiger partial charge < -0.3 is 10.2 Å². The molecule has 0 saturated carbocycles. The van der Waals surface area contributed by atoms with Crippen LogP contribution < -0.4 is 5.32 Å². The molecule has 0 unspecified atom stereocenters. The molecule has 0 aromatic heterocycles. The van der Waals surface area contributed by atoms with E-state index in [-0.39, 0.29) is 5.91 Å². The van der Waals surface area contributed by atoms with Crippen molar-refractivity contribution in [1.82, 2.24) is 10.2 Å². The van der Waals surface area contributed by atoms with Gasteiger partial charge in [0.05, 0.1) is 6.42 Å². The third-order valence-electron chi connectivity index (χ3n) is 5.53. The van der Waals surface area contributed by atoms with Gasteiger partial charge in [0, 0.05) is 6.54 Å². The lowest BCUT2D eigenvalue weighted by Crippen LogP contribution is -2.34. The zero-order chi connectivity index (χ0) is 18.9. The molecule has 1 N–H and O–H groups in total. The maximum absolute atomic E-state index is 12.1. The summed E-state index contributed by atoms with van der Waals surface area (Å²) in [5, 5.41) is 3.06. The Morgan fingerprint density at radius 1 is 0.963 bits per heavy atom. The number of likely N-dealkylation sites (tertiary alicyclic amines) is 1. The third kappa shape index (κ3) is 6.51. The molecule has 0 atom stereocenters. The predicted molar refractivity (Wildman–Crippen MR) is 113 cm³/mol. The average Bonchev–Trinajstić information content (AvgIpc) is 2.70. The van der Waals surface area contributed by atoms with Gasteiger partial charge in [-0.3, -0.25) is 4.79 Å². The van der Waals surface area contributed by atoms with Gasteiger partial charge in [0.15, 0.2) is 0 Å². The van der Waals surface area contributed by atoms with E-state index in [1.54, 1.807) is 0 Å². The highest BCUT2D eigenvalue weighted by Gasteiger charge is 2.14. The molecule has 0 radical (unpaired) electrons. The van der Waals surface area contributed by atoms with Gasteiger partial charge in [-0.05, 0) is 67.9 Å². The lowest BCUT2D eigenvalue weighted by Gasteiger charge is -2.30. The molecule has 1 heterocycles. The van der Waals surface area contributed by atoms with Gasteiger partial charge in [0.25, 0.3) is 0 Å². The zero-order valence-electron chi connectivity index (χ0n) is 16.5. The molecule has 2 aromatic carbocycles. The maximum Gasteiger partial charge on any atom is 0.224 e. The third-order valence-corrected chi connectivity index (χ3v) is 5.53. The van der Waals surface area contributed by atoms with E-state index >= 15 is 0 Å². The molecule has 144 valence electrons. The fourth-order valence-corrected chi connectivity index (χ4v) is 3.67. The molecular weight excluding hydrogens is 332 g/mol. The van der Waals surface area contributed by atoms with Gasteiger partial charge in [-0.1, -0.05) is 61.5 Å². The highest BCUT2D eigenvalue weighted by atomic mass is 16.1. The summed E-state index contributed by atoms with van der Waals surface area (Å²) in [6.45, 7) is 6.79. The van der Waals surface area contributed by atoms with Crippen LogP contribution in [0.15, 0.2) is 54.6 Å². The van der Waals surface area contributed by atoms with E-state index in [1.807, 2.05) is 18.2 Å². The topological polar surface area (TPSA) is 32.3 Å². The Kier molecular flexibility index (Phi) is 7.46. The van der Waals surface area contributed by atoms with Crippen LogP contribution in [0.25, 0.3) is 11.1 Å². The Balaban J connectivity index is 1.32. The predicted octanol–water partition coefficient (Wildman–Crippen LogP) is 4.52. The first-order valence-electron chi connectivity index (χ1n) is 10.3. The summed E-state index contributed by atoms with van der Waals surface area (Å²) in [5.41, 5.74) is 3.46. The van der Waals surface area contributed by atoms with Crippen LogP contribution >= 0.6 is 0 Å². The standard InChI is InChI=1S/C24H32N2O/c1-20-13-17-26(18-14-20)16-6-5-15-25-24(27)19-21-9-11-23(12-10-21)22-7-3-2-4-8-22/h2-4,7-12,20H,5-6,13-19H2,1H3,(H,25,27). The highest BCUT2D eigenvalue weighted by Crippen LogP contribution is 2.19. The molecule has 3 nitrogen and oxygen atoms in total. The van der Waals surface area contributed by atoms with Gasteiger partial charge >= 0.3 is 0 Å². The second kappa shape index (κ2) is 10.3. The molecule has 2 aromatic rings. The molecule has 0 spiro atoms. The smallest absolute Gasteiger partial charge is 0.224 e. The van der Waals surface area contributed by atoms with Crippen molar-refractivity contribution in [3.05, 3.63) is 60.2 Å². The molecule has 3 heteroatoms. The van der Waals surface area contributed by atoms with Gasteiger partial charge in [-0.2, -0.15) is 0 Å². The Morgan fingerprint density at radius 3 is 2.33 bits per heavy atom. The lowest BCUT2D eigenvalue weighted by atomic mass is 9.99. The summed E-state index contributed by atoms with van der Waals surface area (Å²) in [6, 6.07) is 18.6. The fourth-order valence-electron chi connectivity index (χ4n) is 3.67. The van der Waals surface area contributed by atoms with E-state index in [2.05, 4.69) is 53.5 Å². The number of rotatable bonds is 8. The number of hydrogen-bond acceptors (Lipinski definition) is 2.